The molecule has 7 N–H and O–H groups in total. The highest BCUT2D eigenvalue weighted by Gasteiger charge is 2.22. The summed E-state index contributed by atoms with van der Waals surface area (Å²) in [4.78, 5) is 16.6. The Balaban J connectivity index is 1.47. The molecule has 0 saturated carbocycles. The fraction of sp³-hybridized carbons (Fsp3) is 0.160. The van der Waals surface area contributed by atoms with Gasteiger partial charge in [0.25, 0.3) is 0 Å². The predicted molar refractivity (Wildman–Crippen MR) is 129 cm³/mol. The van der Waals surface area contributed by atoms with Gasteiger partial charge in [0.2, 0.25) is 0 Å². The minimum atomic E-state index is -0.00985. The number of H-pyrrole nitrogens is 2. The molecule has 0 fully saturated rings. The number of aromatic amines is 2. The molecule has 0 aliphatic heterocycles. The van der Waals surface area contributed by atoms with Gasteiger partial charge in [-0.2, -0.15) is 0 Å². The molecule has 0 radical (unpaired) electrons. The smallest absolute Gasteiger partial charge is 0.122 e. The van der Waals surface area contributed by atoms with Crippen LogP contribution in [0.1, 0.15) is 41.5 Å². The minimum Gasteiger partial charge on any atom is -0.399 e. The monoisotopic (exact) mass is 423 g/mol. The quantitative estimate of drug-likeness (QED) is 0.150. The molecular weight excluding hydrogens is 398 g/mol. The molecule has 0 aliphatic carbocycles. The second-order valence-electron chi connectivity index (χ2n) is 8.09. The molecule has 0 amide bonds. The molecule has 1 atom stereocenters. The number of nitrogens with one attached hydrogen (secondary N) is 3. The number of aromatic nitrogens is 4. The van der Waals surface area contributed by atoms with Crippen LogP contribution in [0, 0.1) is 5.41 Å². The van der Waals surface area contributed by atoms with Crippen LogP contribution in [0.3, 0.4) is 0 Å². The summed E-state index contributed by atoms with van der Waals surface area (Å²) in [7, 11) is 0. The summed E-state index contributed by atoms with van der Waals surface area (Å²) in [6, 6.07) is 21.7. The number of hydrogen-bond donors (Lipinski definition) is 5. The van der Waals surface area contributed by atoms with Crippen LogP contribution in [0.4, 0.5) is 5.69 Å². The molecule has 2 heterocycles. The van der Waals surface area contributed by atoms with Gasteiger partial charge in [0.05, 0.1) is 28.0 Å². The Morgan fingerprint density at radius 2 is 1.56 bits per heavy atom. The Morgan fingerprint density at radius 1 is 0.875 bits per heavy atom. The third-order valence-electron chi connectivity index (χ3n) is 5.82. The third kappa shape index (κ3) is 3.92. The summed E-state index contributed by atoms with van der Waals surface area (Å²) in [5.74, 6) is 1.79. The molecule has 0 bridgehead atoms. The summed E-state index contributed by atoms with van der Waals surface area (Å²) in [6.45, 7) is 0. The van der Waals surface area contributed by atoms with Gasteiger partial charge in [-0.15, -0.1) is 0 Å². The molecule has 3 aromatic carbocycles. The van der Waals surface area contributed by atoms with Gasteiger partial charge in [0.15, 0.2) is 0 Å². The number of rotatable bonds is 7. The molecule has 1 unspecified atom stereocenters. The van der Waals surface area contributed by atoms with Crippen molar-refractivity contribution in [3.63, 3.8) is 0 Å². The summed E-state index contributed by atoms with van der Waals surface area (Å²) < 4.78 is 0. The highest BCUT2D eigenvalue weighted by Crippen LogP contribution is 2.30. The van der Waals surface area contributed by atoms with E-state index in [1.165, 1.54) is 5.56 Å². The SMILES string of the molecule is N=C(N)c1ccc2nc(C(CCCc3ccc(N)cc3)c3nc4ccccc4[nH]3)[nH]c2c1. The first-order chi connectivity index (χ1) is 15.6. The van der Waals surface area contributed by atoms with Gasteiger partial charge in [-0.1, -0.05) is 24.3 Å². The van der Waals surface area contributed by atoms with E-state index in [1.807, 2.05) is 54.6 Å². The topological polar surface area (TPSA) is 133 Å². The van der Waals surface area contributed by atoms with E-state index >= 15 is 0 Å². The van der Waals surface area contributed by atoms with Crippen molar-refractivity contribution in [2.75, 3.05) is 5.73 Å². The fourth-order valence-corrected chi connectivity index (χ4v) is 4.10. The summed E-state index contributed by atoms with van der Waals surface area (Å²) in [6.07, 6.45) is 2.80. The van der Waals surface area contributed by atoms with Gasteiger partial charge in [-0.25, -0.2) is 9.97 Å². The van der Waals surface area contributed by atoms with E-state index in [2.05, 4.69) is 22.1 Å². The van der Waals surface area contributed by atoms with Crippen molar-refractivity contribution in [3.8, 4) is 0 Å². The van der Waals surface area contributed by atoms with Crippen LogP contribution < -0.4 is 11.5 Å². The number of hydrogen-bond acceptors (Lipinski definition) is 4. The van der Waals surface area contributed by atoms with E-state index in [4.69, 9.17) is 26.8 Å². The normalized spacial score (nSPS) is 12.4. The standard InChI is InChI=1S/C25H25N7/c26-17-11-8-15(9-12-17)4-3-5-18(24-29-19-6-1-2-7-20(19)30-24)25-31-21-13-10-16(23(27)28)14-22(21)32-25/h1-2,6-14,18H,3-5,26H2,(H3,27,28)(H,29,30)(H,31,32). The highest BCUT2D eigenvalue weighted by molar-refractivity contribution is 5.97. The second kappa shape index (κ2) is 8.19. The Kier molecular flexibility index (Phi) is 5.07. The van der Waals surface area contributed by atoms with E-state index in [0.29, 0.717) is 5.56 Å². The van der Waals surface area contributed by atoms with Crippen molar-refractivity contribution in [1.82, 2.24) is 19.9 Å². The van der Waals surface area contributed by atoms with Gasteiger partial charge in [0.1, 0.15) is 17.5 Å². The lowest BCUT2D eigenvalue weighted by Gasteiger charge is -2.12. The molecule has 2 aromatic heterocycles. The first-order valence-corrected chi connectivity index (χ1v) is 10.7. The number of nitrogen functional groups attached to an aromatic ring is 2. The van der Waals surface area contributed by atoms with Gasteiger partial charge < -0.3 is 21.4 Å². The molecule has 0 saturated heterocycles. The van der Waals surface area contributed by atoms with Crippen molar-refractivity contribution in [3.05, 3.63) is 89.5 Å². The molecule has 5 rings (SSSR count). The van der Waals surface area contributed by atoms with Gasteiger partial charge in [0, 0.05) is 11.3 Å². The van der Waals surface area contributed by atoms with Gasteiger partial charge >= 0.3 is 0 Å². The predicted octanol–water partition coefficient (Wildman–Crippen LogP) is 4.46. The summed E-state index contributed by atoms with van der Waals surface area (Å²) in [5, 5.41) is 7.70. The number of benzene rings is 3. The number of anilines is 1. The molecule has 0 aliphatic rings. The summed E-state index contributed by atoms with van der Waals surface area (Å²) >= 11 is 0. The fourth-order valence-electron chi connectivity index (χ4n) is 4.10. The Bertz CT molecular complexity index is 1360. The number of nitrogens with two attached hydrogens (primary N) is 2. The molecule has 32 heavy (non-hydrogen) atoms. The molecular formula is C25H25N7. The van der Waals surface area contributed by atoms with Crippen LogP contribution in [0.25, 0.3) is 22.1 Å². The first-order valence-electron chi connectivity index (χ1n) is 10.7. The molecule has 0 spiro atoms. The van der Waals surface area contributed by atoms with Crippen molar-refractivity contribution in [2.45, 2.75) is 25.2 Å². The van der Waals surface area contributed by atoms with Gasteiger partial charge in [-0.05, 0) is 67.3 Å². The van der Waals surface area contributed by atoms with Crippen LogP contribution in [-0.4, -0.2) is 25.8 Å². The van der Waals surface area contributed by atoms with E-state index in [1.54, 1.807) is 0 Å². The maximum atomic E-state index is 7.70. The van der Waals surface area contributed by atoms with Crippen LogP contribution in [-0.2, 0) is 6.42 Å². The molecule has 160 valence electrons. The summed E-state index contributed by atoms with van der Waals surface area (Å²) in [5.41, 5.74) is 17.9. The van der Waals surface area contributed by atoms with Gasteiger partial charge in [-0.3, -0.25) is 5.41 Å². The van der Waals surface area contributed by atoms with E-state index in [0.717, 1.165) is 58.7 Å². The number of imidazole rings is 2. The number of aryl methyl sites for hydroxylation is 1. The molecule has 7 heteroatoms. The largest absolute Gasteiger partial charge is 0.399 e. The maximum Gasteiger partial charge on any atom is 0.122 e. The average Bonchev–Trinajstić information content (AvgIpc) is 3.41. The van der Waals surface area contributed by atoms with E-state index in [9.17, 15) is 0 Å². The van der Waals surface area contributed by atoms with Crippen molar-refractivity contribution in [2.24, 2.45) is 5.73 Å². The van der Waals surface area contributed by atoms with Crippen LogP contribution in [0.5, 0.6) is 0 Å². The van der Waals surface area contributed by atoms with Crippen LogP contribution >= 0.6 is 0 Å². The number of nitrogens with zero attached hydrogens (tertiary/aromatic N) is 2. The van der Waals surface area contributed by atoms with E-state index in [-0.39, 0.29) is 11.8 Å². The van der Waals surface area contributed by atoms with Crippen molar-refractivity contribution < 1.29 is 0 Å². The minimum absolute atomic E-state index is 0.00985. The Morgan fingerprint density at radius 3 is 2.28 bits per heavy atom. The lowest BCUT2D eigenvalue weighted by molar-refractivity contribution is 0.616. The third-order valence-corrected chi connectivity index (χ3v) is 5.82. The maximum absolute atomic E-state index is 7.70. The molecule has 5 aromatic rings. The zero-order valence-electron chi connectivity index (χ0n) is 17.6. The van der Waals surface area contributed by atoms with Crippen LogP contribution in [0.2, 0.25) is 0 Å². The first kappa shape index (κ1) is 19.8. The Labute approximate surface area is 185 Å². The molecule has 7 nitrogen and oxygen atoms in total. The number of para-hydroxylation sites is 2. The zero-order chi connectivity index (χ0) is 22.1. The zero-order valence-corrected chi connectivity index (χ0v) is 17.6. The van der Waals surface area contributed by atoms with Crippen molar-refractivity contribution in [1.29, 1.82) is 5.41 Å². The van der Waals surface area contributed by atoms with E-state index < -0.39 is 0 Å². The number of fused-ring (bicyclic) bond motifs is 2. The Hall–Kier alpha value is -4.13. The second-order valence-corrected chi connectivity index (χ2v) is 8.09. The van der Waals surface area contributed by atoms with Crippen LogP contribution in [0.15, 0.2) is 66.7 Å². The average molecular weight is 424 g/mol. The number of amidine groups is 1. The highest BCUT2D eigenvalue weighted by atomic mass is 15.0. The van der Waals surface area contributed by atoms with Crippen molar-refractivity contribution >= 4 is 33.6 Å². The lowest BCUT2D eigenvalue weighted by atomic mass is 9.98. The lowest BCUT2D eigenvalue weighted by Crippen LogP contribution is -2.10.